The minimum atomic E-state index is -1.31. The van der Waals surface area contributed by atoms with Gasteiger partial charge in [-0.05, 0) is 39.2 Å². The number of hydrogen-bond acceptors (Lipinski definition) is 2. The third-order valence-corrected chi connectivity index (χ3v) is 2.97. The highest BCUT2D eigenvalue weighted by atomic mass is 79.9. The van der Waals surface area contributed by atoms with Crippen LogP contribution < -0.4 is 0 Å². The Kier molecular flexibility index (Phi) is 3.84. The van der Waals surface area contributed by atoms with Gasteiger partial charge in [0.25, 0.3) is 0 Å². The Balaban J connectivity index is 2.41. The highest BCUT2D eigenvalue weighted by Crippen LogP contribution is 2.31. The monoisotopic (exact) mass is 304 g/mol. The molecule has 5 heteroatoms. The van der Waals surface area contributed by atoms with Gasteiger partial charge in [-0.3, -0.25) is 0 Å². The van der Waals surface area contributed by atoms with E-state index in [-0.39, 0.29) is 0 Å². The van der Waals surface area contributed by atoms with Crippen LogP contribution in [-0.2, 0) is 0 Å². The van der Waals surface area contributed by atoms with E-state index in [0.29, 0.717) is 10.2 Å². The van der Waals surface area contributed by atoms with E-state index in [0.717, 1.165) is 11.1 Å². The number of carboxylic acid groups (broad SMARTS) is 1. The largest absolute Gasteiger partial charge is 0.462 e. The van der Waals surface area contributed by atoms with Crippen LogP contribution in [0.2, 0.25) is 0 Å². The van der Waals surface area contributed by atoms with Gasteiger partial charge in [-0.25, -0.2) is 4.79 Å². The van der Waals surface area contributed by atoms with Crippen molar-refractivity contribution in [2.24, 2.45) is 10.2 Å². The molecule has 0 atom stereocenters. The maximum absolute atomic E-state index is 10.4. The number of hydrogen-bond donors (Lipinski definition) is 1. The Hall–Kier alpha value is -2.01. The Labute approximate surface area is 112 Å². The molecular formula is C13H9BrN2O2. The summed E-state index contributed by atoms with van der Waals surface area (Å²) in [5, 5.41) is 15.2. The molecule has 0 bridgehead atoms. The van der Waals surface area contributed by atoms with Crippen molar-refractivity contribution in [2.45, 2.75) is 0 Å². The summed E-state index contributed by atoms with van der Waals surface area (Å²) in [6.07, 6.45) is -1.31. The first-order valence-corrected chi connectivity index (χ1v) is 5.96. The number of azo groups is 1. The van der Waals surface area contributed by atoms with Crippen LogP contribution in [-0.4, -0.2) is 11.2 Å². The molecule has 2 aromatic carbocycles. The minimum absolute atomic E-state index is 0.485. The second-order valence-corrected chi connectivity index (χ2v) is 4.37. The maximum atomic E-state index is 10.4. The summed E-state index contributed by atoms with van der Waals surface area (Å²) in [6.45, 7) is 0. The average molecular weight is 305 g/mol. The third-order valence-electron chi connectivity index (χ3n) is 2.30. The molecule has 0 saturated heterocycles. The highest BCUT2D eigenvalue weighted by molar-refractivity contribution is 9.10. The van der Waals surface area contributed by atoms with Crippen LogP contribution in [0.5, 0.6) is 0 Å². The first kappa shape index (κ1) is 12.4. The molecule has 0 fully saturated rings. The van der Waals surface area contributed by atoms with Gasteiger partial charge in [0, 0.05) is 4.47 Å². The van der Waals surface area contributed by atoms with Crippen LogP contribution in [0.4, 0.5) is 10.5 Å². The van der Waals surface area contributed by atoms with Crippen molar-refractivity contribution in [2.75, 3.05) is 0 Å². The van der Waals surface area contributed by atoms with Crippen molar-refractivity contribution in [3.8, 4) is 11.1 Å². The Morgan fingerprint density at radius 2 is 1.78 bits per heavy atom. The fourth-order valence-corrected chi connectivity index (χ4v) is 1.82. The van der Waals surface area contributed by atoms with Crippen molar-refractivity contribution < 1.29 is 9.90 Å². The number of nitrogens with zero attached hydrogens (tertiary/aromatic N) is 2. The van der Waals surface area contributed by atoms with Gasteiger partial charge in [-0.2, -0.15) is 0 Å². The molecule has 0 saturated carbocycles. The molecule has 0 aliphatic rings. The molecule has 18 heavy (non-hydrogen) atoms. The first-order valence-electron chi connectivity index (χ1n) is 5.16. The first-order chi connectivity index (χ1) is 8.66. The lowest BCUT2D eigenvalue weighted by Gasteiger charge is -2.03. The zero-order valence-electron chi connectivity index (χ0n) is 9.25. The van der Waals surface area contributed by atoms with Crippen molar-refractivity contribution in [1.82, 2.24) is 0 Å². The molecule has 1 amide bonds. The number of carbonyl (C=O) groups is 1. The molecule has 1 N–H and O–H groups in total. The van der Waals surface area contributed by atoms with E-state index in [1.807, 2.05) is 42.5 Å². The van der Waals surface area contributed by atoms with Crippen LogP contribution in [0.3, 0.4) is 0 Å². The van der Waals surface area contributed by atoms with Crippen LogP contribution in [0.1, 0.15) is 0 Å². The minimum Gasteiger partial charge on any atom is -0.462 e. The second-order valence-electron chi connectivity index (χ2n) is 3.51. The molecular weight excluding hydrogens is 296 g/mol. The summed E-state index contributed by atoms with van der Waals surface area (Å²) < 4.78 is 0.701. The van der Waals surface area contributed by atoms with Crippen molar-refractivity contribution in [1.29, 1.82) is 0 Å². The second kappa shape index (κ2) is 5.55. The van der Waals surface area contributed by atoms with Gasteiger partial charge in [-0.15, -0.1) is 5.11 Å². The standard InChI is InChI=1S/C13H9BrN2O2/c14-11-7-6-10(9-4-2-1-3-5-9)8-12(11)15-16-13(17)18/h1-8H,(H,17,18). The molecule has 2 aromatic rings. The van der Waals surface area contributed by atoms with E-state index in [1.54, 1.807) is 6.07 Å². The molecule has 0 aromatic heterocycles. The topological polar surface area (TPSA) is 62.0 Å². The highest BCUT2D eigenvalue weighted by Gasteiger charge is 2.03. The summed E-state index contributed by atoms with van der Waals surface area (Å²) in [4.78, 5) is 10.4. The lowest BCUT2D eigenvalue weighted by molar-refractivity contribution is 0.204. The van der Waals surface area contributed by atoms with Gasteiger partial charge in [0.15, 0.2) is 0 Å². The molecule has 0 aliphatic carbocycles. The van der Waals surface area contributed by atoms with Gasteiger partial charge < -0.3 is 5.11 Å². The normalized spacial score (nSPS) is 10.7. The lowest BCUT2D eigenvalue weighted by atomic mass is 10.1. The lowest BCUT2D eigenvalue weighted by Crippen LogP contribution is -1.82. The quantitative estimate of drug-likeness (QED) is 0.804. The summed E-state index contributed by atoms with van der Waals surface area (Å²) in [6, 6.07) is 15.3. The van der Waals surface area contributed by atoms with E-state index in [4.69, 9.17) is 5.11 Å². The fourth-order valence-electron chi connectivity index (χ4n) is 1.50. The predicted octanol–water partition coefficient (Wildman–Crippen LogP) is 4.88. The number of amides is 1. The molecule has 0 heterocycles. The van der Waals surface area contributed by atoms with Gasteiger partial charge in [0.2, 0.25) is 0 Å². The Bertz CT molecular complexity index is 597. The summed E-state index contributed by atoms with van der Waals surface area (Å²) in [7, 11) is 0. The summed E-state index contributed by atoms with van der Waals surface area (Å²) in [5.41, 5.74) is 2.48. The number of benzene rings is 2. The van der Waals surface area contributed by atoms with Crippen molar-refractivity contribution >= 4 is 27.7 Å². The summed E-state index contributed by atoms with van der Waals surface area (Å²) in [5.74, 6) is 0. The predicted molar refractivity (Wildman–Crippen MR) is 72.1 cm³/mol. The smallest absolute Gasteiger partial charge is 0.449 e. The molecule has 0 unspecified atom stereocenters. The molecule has 2 rings (SSSR count). The number of rotatable bonds is 2. The van der Waals surface area contributed by atoms with Crippen LogP contribution >= 0.6 is 15.9 Å². The van der Waals surface area contributed by atoms with Gasteiger partial charge in [0.1, 0.15) is 5.69 Å². The molecule has 0 aliphatic heterocycles. The van der Waals surface area contributed by atoms with Crippen LogP contribution in [0.15, 0.2) is 63.2 Å². The number of halogens is 1. The average Bonchev–Trinajstić information content (AvgIpc) is 2.38. The molecule has 0 spiro atoms. The van der Waals surface area contributed by atoms with Crippen molar-refractivity contribution in [3.63, 3.8) is 0 Å². The summed E-state index contributed by atoms with van der Waals surface area (Å²) >= 11 is 3.31. The molecule has 4 nitrogen and oxygen atoms in total. The van der Waals surface area contributed by atoms with E-state index in [1.165, 1.54) is 0 Å². The van der Waals surface area contributed by atoms with E-state index in [9.17, 15) is 4.79 Å². The van der Waals surface area contributed by atoms with E-state index in [2.05, 4.69) is 26.2 Å². The third kappa shape index (κ3) is 3.01. The van der Waals surface area contributed by atoms with Gasteiger partial charge in [0.05, 0.1) is 0 Å². The fraction of sp³-hybridized carbons (Fsp3) is 0. The molecule has 0 radical (unpaired) electrons. The van der Waals surface area contributed by atoms with E-state index < -0.39 is 6.09 Å². The van der Waals surface area contributed by atoms with Crippen molar-refractivity contribution in [3.05, 3.63) is 53.0 Å². The Morgan fingerprint density at radius 1 is 1.06 bits per heavy atom. The molecule has 90 valence electrons. The van der Waals surface area contributed by atoms with Crippen LogP contribution in [0, 0.1) is 0 Å². The van der Waals surface area contributed by atoms with Gasteiger partial charge >= 0.3 is 6.09 Å². The zero-order valence-corrected chi connectivity index (χ0v) is 10.8. The zero-order chi connectivity index (χ0) is 13.0. The Morgan fingerprint density at radius 3 is 2.44 bits per heavy atom. The SMILES string of the molecule is O=C(O)N=Nc1cc(-c2ccccc2)ccc1Br. The van der Waals surface area contributed by atoms with E-state index >= 15 is 0 Å². The van der Waals surface area contributed by atoms with Crippen LogP contribution in [0.25, 0.3) is 11.1 Å². The maximum Gasteiger partial charge on any atom is 0.449 e. The van der Waals surface area contributed by atoms with Gasteiger partial charge in [-0.1, -0.05) is 41.5 Å².